The number of aromatic nitrogens is 2. The summed E-state index contributed by atoms with van der Waals surface area (Å²) >= 11 is 0. The van der Waals surface area contributed by atoms with Gasteiger partial charge in [-0.1, -0.05) is 6.07 Å². The summed E-state index contributed by atoms with van der Waals surface area (Å²) in [5, 5.41) is 3.19. The Morgan fingerprint density at radius 2 is 2.00 bits per heavy atom. The van der Waals surface area contributed by atoms with Gasteiger partial charge in [-0.15, -0.1) is 0 Å². The normalized spacial score (nSPS) is 10.4. The van der Waals surface area contributed by atoms with Crippen molar-refractivity contribution in [1.29, 1.82) is 0 Å². The molecule has 0 unspecified atom stereocenters. The predicted molar refractivity (Wildman–Crippen MR) is 82.7 cm³/mol. The van der Waals surface area contributed by atoms with E-state index in [-0.39, 0.29) is 0 Å². The van der Waals surface area contributed by atoms with Crippen LogP contribution in [-0.4, -0.2) is 23.2 Å². The summed E-state index contributed by atoms with van der Waals surface area (Å²) in [5.41, 5.74) is 6.67. The van der Waals surface area contributed by atoms with E-state index < -0.39 is 0 Å². The highest BCUT2D eigenvalue weighted by Gasteiger charge is 2.04. The van der Waals surface area contributed by atoms with Crippen LogP contribution in [0.1, 0.15) is 19.7 Å². The van der Waals surface area contributed by atoms with Crippen molar-refractivity contribution < 1.29 is 9.47 Å². The SMILES string of the molecule is CCOCc1nc(N)cc(Nc2cccc(OCC)c2)n1. The van der Waals surface area contributed by atoms with Gasteiger partial charge in [0.2, 0.25) is 0 Å². The molecule has 2 rings (SSSR count). The van der Waals surface area contributed by atoms with Crippen molar-refractivity contribution in [2.75, 3.05) is 24.3 Å². The number of hydrogen-bond donors (Lipinski definition) is 2. The largest absolute Gasteiger partial charge is 0.494 e. The van der Waals surface area contributed by atoms with Gasteiger partial charge in [0.05, 0.1) is 6.61 Å². The number of rotatable bonds is 7. The molecule has 6 nitrogen and oxygen atoms in total. The van der Waals surface area contributed by atoms with Crippen LogP contribution in [0.15, 0.2) is 30.3 Å². The Morgan fingerprint density at radius 3 is 2.76 bits per heavy atom. The van der Waals surface area contributed by atoms with Crippen LogP contribution in [0.2, 0.25) is 0 Å². The molecular formula is C15H20N4O2. The molecule has 112 valence electrons. The first kappa shape index (κ1) is 15.1. The first-order chi connectivity index (χ1) is 10.2. The number of benzene rings is 1. The molecule has 0 aliphatic heterocycles. The van der Waals surface area contributed by atoms with E-state index in [1.807, 2.05) is 38.1 Å². The molecule has 1 heterocycles. The second kappa shape index (κ2) is 7.44. The van der Waals surface area contributed by atoms with Crippen LogP contribution >= 0.6 is 0 Å². The zero-order valence-electron chi connectivity index (χ0n) is 12.3. The minimum Gasteiger partial charge on any atom is -0.494 e. The fourth-order valence-electron chi connectivity index (χ4n) is 1.82. The molecule has 1 aromatic heterocycles. The summed E-state index contributed by atoms with van der Waals surface area (Å²) in [5.74, 6) is 2.40. The van der Waals surface area contributed by atoms with Crippen molar-refractivity contribution in [3.8, 4) is 5.75 Å². The van der Waals surface area contributed by atoms with E-state index in [0.717, 1.165) is 11.4 Å². The third-order valence-corrected chi connectivity index (χ3v) is 2.65. The van der Waals surface area contributed by atoms with E-state index in [2.05, 4.69) is 15.3 Å². The highest BCUT2D eigenvalue weighted by Crippen LogP contribution is 2.21. The summed E-state index contributed by atoms with van der Waals surface area (Å²) in [4.78, 5) is 8.51. The van der Waals surface area contributed by atoms with Gasteiger partial charge in [0.15, 0.2) is 5.82 Å². The molecule has 0 aliphatic rings. The quantitative estimate of drug-likeness (QED) is 0.815. The molecule has 3 N–H and O–H groups in total. The molecular weight excluding hydrogens is 268 g/mol. The standard InChI is InChI=1S/C15H20N4O2/c1-3-20-10-15-18-13(16)9-14(19-15)17-11-6-5-7-12(8-11)21-4-2/h5-9H,3-4,10H2,1-2H3,(H3,16,17,18,19). The van der Waals surface area contributed by atoms with Crippen LogP contribution in [0.25, 0.3) is 0 Å². The summed E-state index contributed by atoms with van der Waals surface area (Å²) in [7, 11) is 0. The first-order valence-electron chi connectivity index (χ1n) is 6.92. The fourth-order valence-corrected chi connectivity index (χ4v) is 1.82. The third-order valence-electron chi connectivity index (χ3n) is 2.65. The molecule has 1 aromatic carbocycles. The van der Waals surface area contributed by atoms with Crippen molar-refractivity contribution in [3.63, 3.8) is 0 Å². The second-order valence-corrected chi connectivity index (χ2v) is 4.32. The number of nitrogen functional groups attached to an aromatic ring is 1. The van der Waals surface area contributed by atoms with Gasteiger partial charge in [-0.05, 0) is 26.0 Å². The smallest absolute Gasteiger partial charge is 0.158 e. The Hall–Kier alpha value is -2.34. The molecule has 0 spiro atoms. The van der Waals surface area contributed by atoms with Crippen molar-refractivity contribution in [2.24, 2.45) is 0 Å². The lowest BCUT2D eigenvalue weighted by atomic mass is 10.3. The average molecular weight is 288 g/mol. The van der Waals surface area contributed by atoms with Gasteiger partial charge in [0, 0.05) is 24.4 Å². The Bertz CT molecular complexity index is 590. The van der Waals surface area contributed by atoms with Crippen LogP contribution in [-0.2, 0) is 11.3 Å². The summed E-state index contributed by atoms with van der Waals surface area (Å²) in [6, 6.07) is 9.35. The van der Waals surface area contributed by atoms with Gasteiger partial charge in [0.25, 0.3) is 0 Å². The van der Waals surface area contributed by atoms with Crippen molar-refractivity contribution in [3.05, 3.63) is 36.2 Å². The van der Waals surface area contributed by atoms with Crippen LogP contribution in [0.5, 0.6) is 5.75 Å². The topological polar surface area (TPSA) is 82.3 Å². The van der Waals surface area contributed by atoms with Crippen molar-refractivity contribution in [2.45, 2.75) is 20.5 Å². The number of nitrogens with two attached hydrogens (primary N) is 1. The maximum Gasteiger partial charge on any atom is 0.158 e. The zero-order chi connectivity index (χ0) is 15.1. The van der Waals surface area contributed by atoms with Crippen LogP contribution < -0.4 is 15.8 Å². The maximum absolute atomic E-state index is 5.79. The molecule has 2 aromatic rings. The molecule has 6 heteroatoms. The van der Waals surface area contributed by atoms with E-state index in [0.29, 0.717) is 37.3 Å². The van der Waals surface area contributed by atoms with Crippen LogP contribution in [0, 0.1) is 0 Å². The second-order valence-electron chi connectivity index (χ2n) is 4.32. The Balaban J connectivity index is 2.14. The van der Waals surface area contributed by atoms with Crippen molar-refractivity contribution in [1.82, 2.24) is 9.97 Å². The molecule has 0 atom stereocenters. The monoisotopic (exact) mass is 288 g/mol. The minimum absolute atomic E-state index is 0.342. The van der Waals surface area contributed by atoms with E-state index in [1.54, 1.807) is 6.07 Å². The van der Waals surface area contributed by atoms with E-state index in [4.69, 9.17) is 15.2 Å². The number of nitrogens with zero attached hydrogens (tertiary/aromatic N) is 2. The molecule has 0 saturated heterocycles. The van der Waals surface area contributed by atoms with Gasteiger partial charge in [-0.2, -0.15) is 0 Å². The highest BCUT2D eigenvalue weighted by atomic mass is 16.5. The maximum atomic E-state index is 5.79. The summed E-state index contributed by atoms with van der Waals surface area (Å²) in [6.07, 6.45) is 0. The predicted octanol–water partition coefficient (Wildman–Crippen LogP) is 2.74. The lowest BCUT2D eigenvalue weighted by molar-refractivity contribution is 0.128. The highest BCUT2D eigenvalue weighted by molar-refractivity contribution is 5.60. The van der Waals surface area contributed by atoms with Gasteiger partial charge < -0.3 is 20.5 Å². The zero-order valence-corrected chi connectivity index (χ0v) is 12.3. The summed E-state index contributed by atoms with van der Waals surface area (Å²) in [6.45, 7) is 5.45. The number of nitrogens with one attached hydrogen (secondary N) is 1. The van der Waals surface area contributed by atoms with Gasteiger partial charge in [-0.3, -0.25) is 0 Å². The Morgan fingerprint density at radius 1 is 1.14 bits per heavy atom. The molecule has 0 aliphatic carbocycles. The fraction of sp³-hybridized carbons (Fsp3) is 0.333. The minimum atomic E-state index is 0.342. The molecule has 0 fully saturated rings. The summed E-state index contributed by atoms with van der Waals surface area (Å²) < 4.78 is 10.8. The van der Waals surface area contributed by atoms with Gasteiger partial charge in [-0.25, -0.2) is 9.97 Å². The van der Waals surface area contributed by atoms with Gasteiger partial charge in [0.1, 0.15) is 24.0 Å². The third kappa shape index (κ3) is 4.61. The Labute approximate surface area is 124 Å². The number of anilines is 3. The van der Waals surface area contributed by atoms with E-state index in [9.17, 15) is 0 Å². The molecule has 0 amide bonds. The molecule has 21 heavy (non-hydrogen) atoms. The van der Waals surface area contributed by atoms with Gasteiger partial charge >= 0.3 is 0 Å². The molecule has 0 bridgehead atoms. The molecule has 0 saturated carbocycles. The van der Waals surface area contributed by atoms with Crippen LogP contribution in [0.4, 0.5) is 17.3 Å². The average Bonchev–Trinajstić information content (AvgIpc) is 2.45. The Kier molecular flexibility index (Phi) is 5.34. The van der Waals surface area contributed by atoms with Crippen LogP contribution in [0.3, 0.4) is 0 Å². The van der Waals surface area contributed by atoms with Crippen molar-refractivity contribution >= 4 is 17.3 Å². The number of hydrogen-bond acceptors (Lipinski definition) is 6. The first-order valence-corrected chi connectivity index (χ1v) is 6.92. The van der Waals surface area contributed by atoms with E-state index >= 15 is 0 Å². The lowest BCUT2D eigenvalue weighted by Crippen LogP contribution is -2.05. The van der Waals surface area contributed by atoms with E-state index in [1.165, 1.54) is 0 Å². The molecule has 0 radical (unpaired) electrons. The lowest BCUT2D eigenvalue weighted by Gasteiger charge is -2.10. The number of ether oxygens (including phenoxy) is 2.